The van der Waals surface area contributed by atoms with Crippen LogP contribution in [0.4, 0.5) is 0 Å². The first-order valence-electron chi connectivity index (χ1n) is 4.24. The lowest BCUT2D eigenvalue weighted by Crippen LogP contribution is -1.95. The van der Waals surface area contributed by atoms with Crippen LogP contribution in [0, 0.1) is 18.3 Å². The summed E-state index contributed by atoms with van der Waals surface area (Å²) >= 11 is 0. The molecule has 0 fully saturated rings. The van der Waals surface area contributed by atoms with Crippen molar-refractivity contribution in [1.29, 1.82) is 5.26 Å². The number of carbonyl (C=O) groups is 1. The van der Waals surface area contributed by atoms with Gasteiger partial charge in [-0.25, -0.2) is 9.78 Å². The maximum Gasteiger partial charge on any atom is 0.356 e. The van der Waals surface area contributed by atoms with Gasteiger partial charge in [0, 0.05) is 12.4 Å². The van der Waals surface area contributed by atoms with Crippen molar-refractivity contribution < 1.29 is 9.90 Å². The van der Waals surface area contributed by atoms with Gasteiger partial charge in [-0.1, -0.05) is 0 Å². The van der Waals surface area contributed by atoms with E-state index in [1.54, 1.807) is 16.7 Å². The highest BCUT2D eigenvalue weighted by molar-refractivity contribution is 5.86. The average molecular weight is 201 g/mol. The van der Waals surface area contributed by atoms with Gasteiger partial charge in [0.1, 0.15) is 6.07 Å². The molecule has 2 rings (SSSR count). The number of pyridine rings is 1. The number of nitrogens with zero attached hydrogens (tertiary/aromatic N) is 3. The van der Waals surface area contributed by atoms with Crippen LogP contribution in [0.3, 0.4) is 0 Å². The first-order valence-corrected chi connectivity index (χ1v) is 4.24. The van der Waals surface area contributed by atoms with E-state index in [9.17, 15) is 4.79 Å². The van der Waals surface area contributed by atoms with Gasteiger partial charge in [0.05, 0.1) is 5.56 Å². The van der Waals surface area contributed by atoms with E-state index in [1.807, 2.05) is 13.0 Å². The summed E-state index contributed by atoms with van der Waals surface area (Å²) in [5, 5.41) is 17.6. The number of aryl methyl sites for hydroxylation is 1. The van der Waals surface area contributed by atoms with Crippen LogP contribution in [0.25, 0.3) is 5.65 Å². The first-order chi connectivity index (χ1) is 7.11. The van der Waals surface area contributed by atoms with Crippen molar-refractivity contribution in [3.63, 3.8) is 0 Å². The lowest BCUT2D eigenvalue weighted by molar-refractivity contribution is 0.0691. The molecule has 0 atom stereocenters. The number of aromatic nitrogens is 2. The van der Waals surface area contributed by atoms with Gasteiger partial charge < -0.3 is 9.51 Å². The van der Waals surface area contributed by atoms with Crippen molar-refractivity contribution >= 4 is 11.6 Å². The van der Waals surface area contributed by atoms with Gasteiger partial charge in [-0.2, -0.15) is 5.26 Å². The second kappa shape index (κ2) is 3.10. The van der Waals surface area contributed by atoms with Crippen molar-refractivity contribution in [2.24, 2.45) is 0 Å². The van der Waals surface area contributed by atoms with E-state index in [4.69, 9.17) is 10.4 Å². The zero-order chi connectivity index (χ0) is 11.0. The molecule has 5 nitrogen and oxygen atoms in total. The molecule has 2 aromatic heterocycles. The molecule has 15 heavy (non-hydrogen) atoms. The summed E-state index contributed by atoms with van der Waals surface area (Å²) in [7, 11) is 0. The Morgan fingerprint density at radius 1 is 1.60 bits per heavy atom. The van der Waals surface area contributed by atoms with Gasteiger partial charge in [0.15, 0.2) is 11.3 Å². The van der Waals surface area contributed by atoms with Crippen molar-refractivity contribution in [3.8, 4) is 6.07 Å². The Bertz CT molecular complexity index is 592. The number of hydrogen-bond donors (Lipinski definition) is 1. The topological polar surface area (TPSA) is 78.4 Å². The smallest absolute Gasteiger partial charge is 0.356 e. The summed E-state index contributed by atoms with van der Waals surface area (Å²) in [5.74, 6) is -1.10. The number of fused-ring (bicyclic) bond motifs is 1. The normalized spacial score (nSPS) is 10.1. The number of rotatable bonds is 1. The van der Waals surface area contributed by atoms with Crippen LogP contribution in [0.5, 0.6) is 0 Å². The third-order valence-electron chi connectivity index (χ3n) is 2.03. The molecule has 0 amide bonds. The predicted octanol–water partition coefficient (Wildman–Crippen LogP) is 1.21. The molecule has 0 spiro atoms. The molecular weight excluding hydrogens is 194 g/mol. The maximum atomic E-state index is 10.7. The summed E-state index contributed by atoms with van der Waals surface area (Å²) < 4.78 is 1.55. The minimum atomic E-state index is -1.10. The van der Waals surface area contributed by atoms with Crippen LogP contribution < -0.4 is 0 Å². The predicted molar refractivity (Wildman–Crippen MR) is 51.6 cm³/mol. The molecular formula is C10H7N3O2. The van der Waals surface area contributed by atoms with E-state index in [1.165, 1.54) is 6.20 Å². The Morgan fingerprint density at radius 2 is 2.33 bits per heavy atom. The van der Waals surface area contributed by atoms with Crippen LogP contribution in [-0.4, -0.2) is 20.5 Å². The van der Waals surface area contributed by atoms with Crippen molar-refractivity contribution in [2.75, 3.05) is 0 Å². The Labute approximate surface area is 85.2 Å². The zero-order valence-corrected chi connectivity index (χ0v) is 7.93. The number of carboxylic acid groups (broad SMARTS) is 1. The number of nitriles is 1. The summed E-state index contributed by atoms with van der Waals surface area (Å²) in [6, 6.07) is 3.66. The molecule has 0 saturated carbocycles. The van der Waals surface area contributed by atoms with Crippen molar-refractivity contribution in [2.45, 2.75) is 6.92 Å². The Balaban J connectivity index is 2.81. The Hall–Kier alpha value is -2.35. The SMILES string of the molecule is Cc1cc(C#N)c2nc(C(=O)O)cn2c1. The minimum Gasteiger partial charge on any atom is -0.476 e. The maximum absolute atomic E-state index is 10.7. The molecule has 0 aliphatic carbocycles. The Morgan fingerprint density at radius 3 is 2.93 bits per heavy atom. The molecule has 2 aromatic rings. The number of hydrogen-bond acceptors (Lipinski definition) is 3. The highest BCUT2D eigenvalue weighted by Gasteiger charge is 2.11. The quantitative estimate of drug-likeness (QED) is 0.752. The molecule has 0 radical (unpaired) electrons. The van der Waals surface area contributed by atoms with Gasteiger partial charge in [-0.05, 0) is 18.6 Å². The first kappa shape index (κ1) is 9.21. The monoisotopic (exact) mass is 201 g/mol. The van der Waals surface area contributed by atoms with E-state index in [-0.39, 0.29) is 5.69 Å². The second-order valence-electron chi connectivity index (χ2n) is 3.21. The largest absolute Gasteiger partial charge is 0.476 e. The summed E-state index contributed by atoms with van der Waals surface area (Å²) in [6.45, 7) is 1.83. The fourth-order valence-corrected chi connectivity index (χ4v) is 1.43. The highest BCUT2D eigenvalue weighted by Crippen LogP contribution is 2.12. The molecule has 0 unspecified atom stereocenters. The number of aromatic carboxylic acids is 1. The van der Waals surface area contributed by atoms with E-state index < -0.39 is 5.97 Å². The van der Waals surface area contributed by atoms with Gasteiger partial charge in [-0.3, -0.25) is 0 Å². The molecule has 2 heterocycles. The van der Waals surface area contributed by atoms with E-state index in [0.29, 0.717) is 11.2 Å². The van der Waals surface area contributed by atoms with Crippen LogP contribution in [0.1, 0.15) is 21.6 Å². The summed E-state index contributed by atoms with van der Waals surface area (Å²) in [4.78, 5) is 14.6. The van der Waals surface area contributed by atoms with E-state index in [0.717, 1.165) is 5.56 Å². The van der Waals surface area contributed by atoms with Crippen LogP contribution in [0.2, 0.25) is 0 Å². The molecule has 5 heteroatoms. The molecule has 0 aromatic carbocycles. The second-order valence-corrected chi connectivity index (χ2v) is 3.21. The molecule has 74 valence electrons. The van der Waals surface area contributed by atoms with Crippen molar-refractivity contribution in [3.05, 3.63) is 35.3 Å². The molecule has 0 aliphatic heterocycles. The number of imidazole rings is 1. The van der Waals surface area contributed by atoms with Crippen LogP contribution in [-0.2, 0) is 0 Å². The van der Waals surface area contributed by atoms with Crippen LogP contribution >= 0.6 is 0 Å². The van der Waals surface area contributed by atoms with Crippen molar-refractivity contribution in [1.82, 2.24) is 9.38 Å². The van der Waals surface area contributed by atoms with Gasteiger partial charge in [0.2, 0.25) is 0 Å². The summed E-state index contributed by atoms with van der Waals surface area (Å²) in [6.07, 6.45) is 3.13. The standard InChI is InChI=1S/C10H7N3O2/c1-6-2-7(3-11)9-12-8(10(14)15)5-13(9)4-6/h2,4-5H,1H3,(H,14,15). The lowest BCUT2D eigenvalue weighted by atomic mass is 10.2. The van der Waals surface area contributed by atoms with Crippen LogP contribution in [0.15, 0.2) is 18.5 Å². The highest BCUT2D eigenvalue weighted by atomic mass is 16.4. The molecule has 1 N–H and O–H groups in total. The third kappa shape index (κ3) is 1.42. The molecule has 0 bridgehead atoms. The fraction of sp³-hybridized carbons (Fsp3) is 0.100. The third-order valence-corrected chi connectivity index (χ3v) is 2.03. The van der Waals surface area contributed by atoms with Gasteiger partial charge in [0.25, 0.3) is 0 Å². The molecule has 0 saturated heterocycles. The van der Waals surface area contributed by atoms with E-state index in [2.05, 4.69) is 4.98 Å². The van der Waals surface area contributed by atoms with Gasteiger partial charge >= 0.3 is 5.97 Å². The lowest BCUT2D eigenvalue weighted by Gasteiger charge is -1.97. The van der Waals surface area contributed by atoms with Gasteiger partial charge in [-0.15, -0.1) is 0 Å². The molecule has 0 aliphatic rings. The zero-order valence-electron chi connectivity index (χ0n) is 7.93. The fourth-order valence-electron chi connectivity index (χ4n) is 1.43. The average Bonchev–Trinajstić information content (AvgIpc) is 2.59. The number of carboxylic acids is 1. The van der Waals surface area contributed by atoms with E-state index >= 15 is 0 Å². The Kier molecular flexibility index (Phi) is 1.90. The summed E-state index contributed by atoms with van der Waals surface area (Å²) in [5.41, 5.74) is 1.58. The minimum absolute atomic E-state index is 0.0582.